The fourth-order valence-electron chi connectivity index (χ4n) is 2.04. The predicted octanol–water partition coefficient (Wildman–Crippen LogP) is 2.13. The van der Waals surface area contributed by atoms with Crippen LogP contribution in [0.1, 0.15) is 33.1 Å². The normalized spacial score (nSPS) is 37.4. The van der Waals surface area contributed by atoms with Gasteiger partial charge in [0.25, 0.3) is 0 Å². The maximum absolute atomic E-state index is 2.65. The van der Waals surface area contributed by atoms with E-state index in [2.05, 4.69) is 18.7 Å². The summed E-state index contributed by atoms with van der Waals surface area (Å²) in [6.45, 7) is 7.47. The molecule has 0 spiro atoms. The van der Waals surface area contributed by atoms with Crippen molar-refractivity contribution < 1.29 is 0 Å². The Kier molecular flexibility index (Phi) is 1.92. The summed E-state index contributed by atoms with van der Waals surface area (Å²) >= 11 is 0. The van der Waals surface area contributed by atoms with E-state index in [1.807, 2.05) is 0 Å². The maximum Gasteiger partial charge on any atom is 0.0247 e. The largest absolute Gasteiger partial charge is 0.297 e. The van der Waals surface area contributed by atoms with Gasteiger partial charge in [-0.25, -0.2) is 0 Å². The maximum atomic E-state index is 2.65. The highest BCUT2D eigenvalue weighted by Crippen LogP contribution is 2.33. The van der Waals surface area contributed by atoms with Gasteiger partial charge >= 0.3 is 0 Å². The molecule has 2 aliphatic rings. The molecule has 0 amide bonds. The molecule has 2 unspecified atom stereocenters. The monoisotopic (exact) mass is 153 g/mol. The minimum Gasteiger partial charge on any atom is -0.297 e. The Morgan fingerprint density at radius 2 is 2.09 bits per heavy atom. The lowest BCUT2D eigenvalue weighted by atomic mass is 9.85. The lowest BCUT2D eigenvalue weighted by molar-refractivity contribution is 0.253. The van der Waals surface area contributed by atoms with Gasteiger partial charge in [-0.3, -0.25) is 4.90 Å². The van der Waals surface area contributed by atoms with Crippen molar-refractivity contribution in [2.24, 2.45) is 11.8 Å². The van der Waals surface area contributed by atoms with Crippen molar-refractivity contribution in [1.29, 1.82) is 0 Å². The molecule has 1 aliphatic carbocycles. The van der Waals surface area contributed by atoms with Crippen molar-refractivity contribution in [3.8, 4) is 0 Å². The molecule has 0 radical (unpaired) electrons. The number of hydrogen-bond donors (Lipinski definition) is 0. The number of nitrogens with zero attached hydrogens (tertiary/aromatic N) is 1. The van der Waals surface area contributed by atoms with Crippen LogP contribution in [-0.4, -0.2) is 24.0 Å². The Labute approximate surface area is 69.8 Å². The second-order valence-electron chi connectivity index (χ2n) is 4.56. The van der Waals surface area contributed by atoms with Crippen LogP contribution < -0.4 is 0 Å². The third-order valence-corrected chi connectivity index (χ3v) is 3.24. The molecule has 0 N–H and O–H groups in total. The Morgan fingerprint density at radius 3 is 2.45 bits per heavy atom. The molecule has 64 valence electrons. The highest BCUT2D eigenvalue weighted by molar-refractivity contribution is 4.93. The molecule has 2 fully saturated rings. The van der Waals surface area contributed by atoms with E-state index in [-0.39, 0.29) is 0 Å². The first-order valence-electron chi connectivity index (χ1n) is 5.01. The Balaban J connectivity index is 1.66. The second-order valence-corrected chi connectivity index (χ2v) is 4.56. The zero-order valence-electron chi connectivity index (χ0n) is 7.71. The van der Waals surface area contributed by atoms with Crippen molar-refractivity contribution in [1.82, 2.24) is 4.90 Å². The summed E-state index contributed by atoms with van der Waals surface area (Å²) in [6, 6.07) is 0.940. The molecular formula is C10H19N. The number of hydrogen-bond acceptors (Lipinski definition) is 1. The minimum absolute atomic E-state index is 0.884. The van der Waals surface area contributed by atoms with Gasteiger partial charge in [-0.1, -0.05) is 20.3 Å². The van der Waals surface area contributed by atoms with Crippen molar-refractivity contribution in [3.63, 3.8) is 0 Å². The fraction of sp³-hybridized carbons (Fsp3) is 1.00. The molecule has 2 rings (SSSR count). The minimum atomic E-state index is 0.884. The summed E-state index contributed by atoms with van der Waals surface area (Å²) in [5, 5.41) is 0. The topological polar surface area (TPSA) is 3.01 Å². The Morgan fingerprint density at radius 1 is 1.36 bits per heavy atom. The van der Waals surface area contributed by atoms with Gasteiger partial charge in [-0.05, 0) is 24.7 Å². The van der Waals surface area contributed by atoms with E-state index in [0.29, 0.717) is 0 Å². The van der Waals surface area contributed by atoms with Crippen LogP contribution in [0.3, 0.4) is 0 Å². The average molecular weight is 153 g/mol. The van der Waals surface area contributed by atoms with Crippen LogP contribution in [0.15, 0.2) is 0 Å². The fourth-order valence-corrected chi connectivity index (χ4v) is 2.04. The van der Waals surface area contributed by atoms with E-state index in [1.165, 1.54) is 32.4 Å². The smallest absolute Gasteiger partial charge is 0.0247 e. The Hall–Kier alpha value is -0.0400. The molecule has 0 aromatic rings. The van der Waals surface area contributed by atoms with Crippen LogP contribution in [0.4, 0.5) is 0 Å². The molecule has 1 saturated heterocycles. The summed E-state index contributed by atoms with van der Waals surface area (Å²) in [4.78, 5) is 2.65. The van der Waals surface area contributed by atoms with Crippen LogP contribution in [0.2, 0.25) is 0 Å². The van der Waals surface area contributed by atoms with E-state index in [4.69, 9.17) is 0 Å². The molecule has 0 bridgehead atoms. The molecule has 1 saturated carbocycles. The highest BCUT2D eigenvalue weighted by atomic mass is 15.3. The molecule has 11 heavy (non-hydrogen) atoms. The first kappa shape index (κ1) is 7.60. The standard InChI is InChI=1S/C10H19N/c1-8(2)10-7-11(10)6-9-4-3-5-9/h8-10H,3-7H2,1-2H3. The van der Waals surface area contributed by atoms with Crippen molar-refractivity contribution >= 4 is 0 Å². The van der Waals surface area contributed by atoms with Crippen LogP contribution in [0.5, 0.6) is 0 Å². The third kappa shape index (κ3) is 1.58. The van der Waals surface area contributed by atoms with Crippen LogP contribution >= 0.6 is 0 Å². The van der Waals surface area contributed by atoms with E-state index >= 15 is 0 Å². The summed E-state index contributed by atoms with van der Waals surface area (Å²) in [5.74, 6) is 1.95. The molecule has 1 aliphatic heterocycles. The summed E-state index contributed by atoms with van der Waals surface area (Å²) in [5.41, 5.74) is 0. The predicted molar refractivity (Wildman–Crippen MR) is 47.5 cm³/mol. The molecule has 0 aromatic carbocycles. The molecule has 1 heteroatoms. The highest BCUT2D eigenvalue weighted by Gasteiger charge is 2.38. The lowest BCUT2D eigenvalue weighted by Gasteiger charge is -2.26. The van der Waals surface area contributed by atoms with E-state index in [0.717, 1.165) is 17.9 Å². The molecule has 0 aromatic heterocycles. The van der Waals surface area contributed by atoms with Crippen molar-refractivity contribution in [2.75, 3.05) is 13.1 Å². The first-order valence-corrected chi connectivity index (χ1v) is 5.01. The molecular weight excluding hydrogens is 134 g/mol. The van der Waals surface area contributed by atoms with E-state index in [9.17, 15) is 0 Å². The van der Waals surface area contributed by atoms with Gasteiger partial charge in [-0.2, -0.15) is 0 Å². The third-order valence-electron chi connectivity index (χ3n) is 3.24. The van der Waals surface area contributed by atoms with Gasteiger partial charge in [0.2, 0.25) is 0 Å². The zero-order valence-corrected chi connectivity index (χ0v) is 7.71. The van der Waals surface area contributed by atoms with Gasteiger partial charge in [0, 0.05) is 19.1 Å². The van der Waals surface area contributed by atoms with Gasteiger partial charge < -0.3 is 0 Å². The van der Waals surface area contributed by atoms with Crippen molar-refractivity contribution in [3.05, 3.63) is 0 Å². The van der Waals surface area contributed by atoms with Crippen LogP contribution in [0.25, 0.3) is 0 Å². The summed E-state index contributed by atoms with van der Waals surface area (Å²) in [6.07, 6.45) is 4.49. The SMILES string of the molecule is CC(C)C1CN1CC1CCC1. The second kappa shape index (κ2) is 2.78. The summed E-state index contributed by atoms with van der Waals surface area (Å²) in [7, 11) is 0. The van der Waals surface area contributed by atoms with Crippen LogP contribution in [0, 0.1) is 11.8 Å². The molecule has 2 atom stereocenters. The van der Waals surface area contributed by atoms with Gasteiger partial charge in [0.1, 0.15) is 0 Å². The first-order chi connectivity index (χ1) is 5.27. The lowest BCUT2D eigenvalue weighted by Crippen LogP contribution is -2.22. The van der Waals surface area contributed by atoms with Crippen LogP contribution in [-0.2, 0) is 0 Å². The van der Waals surface area contributed by atoms with Gasteiger partial charge in [0.15, 0.2) is 0 Å². The van der Waals surface area contributed by atoms with E-state index in [1.54, 1.807) is 0 Å². The quantitative estimate of drug-likeness (QED) is 0.561. The Bertz CT molecular complexity index is 138. The zero-order chi connectivity index (χ0) is 7.84. The number of rotatable bonds is 3. The van der Waals surface area contributed by atoms with Gasteiger partial charge in [-0.15, -0.1) is 0 Å². The molecule has 1 nitrogen and oxygen atoms in total. The van der Waals surface area contributed by atoms with E-state index < -0.39 is 0 Å². The summed E-state index contributed by atoms with van der Waals surface area (Å²) < 4.78 is 0. The van der Waals surface area contributed by atoms with Crippen molar-refractivity contribution in [2.45, 2.75) is 39.2 Å². The van der Waals surface area contributed by atoms with Gasteiger partial charge in [0.05, 0.1) is 0 Å². The molecule has 1 heterocycles. The average Bonchev–Trinajstić information content (AvgIpc) is 2.57.